The van der Waals surface area contributed by atoms with E-state index < -0.39 is 0 Å². The van der Waals surface area contributed by atoms with Gasteiger partial charge in [-0.15, -0.1) is 0 Å². The van der Waals surface area contributed by atoms with Crippen LogP contribution >= 0.6 is 0 Å². The largest absolute Gasteiger partial charge is 0.309 e. The molecule has 5 heteroatoms. The summed E-state index contributed by atoms with van der Waals surface area (Å²) in [5.41, 5.74) is 9.98. The second kappa shape index (κ2) is 8.30. The minimum atomic E-state index is 0.924. The Morgan fingerprint density at radius 1 is 0.395 bits per heavy atom. The standard InChI is InChI=1S/C38H23N5/c1-3-10-24(11-4-1)42-28-16-8-7-14-26(28)33-30(42)19-20-31-34(33)35-32(43(31)25-12-5-2-6-13-25)18-17-29-36(35)37-27(15-9-21-39-37)38-40-22-23-41(29)38/h1-23H. The lowest BCUT2D eigenvalue weighted by atomic mass is 10.0. The molecule has 0 aliphatic rings. The molecule has 0 amide bonds. The van der Waals surface area contributed by atoms with Crippen LogP contribution in [0.25, 0.3) is 82.4 Å². The maximum Gasteiger partial charge on any atom is 0.146 e. The van der Waals surface area contributed by atoms with Crippen LogP contribution in [0.4, 0.5) is 0 Å². The highest BCUT2D eigenvalue weighted by Gasteiger charge is 2.23. The first-order chi connectivity index (χ1) is 21.4. The van der Waals surface area contributed by atoms with Crippen molar-refractivity contribution in [1.29, 1.82) is 0 Å². The van der Waals surface area contributed by atoms with Crippen molar-refractivity contribution in [2.75, 3.05) is 0 Å². The maximum absolute atomic E-state index is 5.01. The average molecular weight is 550 g/mol. The van der Waals surface area contributed by atoms with Crippen molar-refractivity contribution in [2.45, 2.75) is 0 Å². The number of rotatable bonds is 2. The average Bonchev–Trinajstić information content (AvgIpc) is 3.78. The predicted octanol–water partition coefficient (Wildman–Crippen LogP) is 9.23. The third kappa shape index (κ3) is 2.90. The Morgan fingerprint density at radius 3 is 1.72 bits per heavy atom. The summed E-state index contributed by atoms with van der Waals surface area (Å²) in [6.45, 7) is 0. The quantitative estimate of drug-likeness (QED) is 0.202. The fraction of sp³-hybridized carbons (Fsp3) is 0. The highest BCUT2D eigenvalue weighted by Crippen LogP contribution is 2.45. The van der Waals surface area contributed by atoms with Gasteiger partial charge in [0.1, 0.15) is 5.65 Å². The van der Waals surface area contributed by atoms with Gasteiger partial charge in [0.25, 0.3) is 0 Å². The van der Waals surface area contributed by atoms with Gasteiger partial charge >= 0.3 is 0 Å². The Balaban J connectivity index is 1.55. The third-order valence-corrected chi connectivity index (χ3v) is 8.92. The number of para-hydroxylation sites is 3. The maximum atomic E-state index is 5.01. The molecular weight excluding hydrogens is 526 g/mol. The summed E-state index contributed by atoms with van der Waals surface area (Å²) < 4.78 is 7.01. The molecule has 0 bridgehead atoms. The van der Waals surface area contributed by atoms with Crippen LogP contribution in [0.3, 0.4) is 0 Å². The Morgan fingerprint density at radius 2 is 0.977 bits per heavy atom. The van der Waals surface area contributed by atoms with E-state index in [9.17, 15) is 0 Å². The summed E-state index contributed by atoms with van der Waals surface area (Å²) in [6.07, 6.45) is 5.83. The van der Waals surface area contributed by atoms with E-state index >= 15 is 0 Å². The van der Waals surface area contributed by atoms with E-state index in [1.807, 2.05) is 18.5 Å². The van der Waals surface area contributed by atoms with E-state index in [2.05, 4.69) is 135 Å². The summed E-state index contributed by atoms with van der Waals surface area (Å²) in [7, 11) is 0. The molecule has 0 saturated carbocycles. The van der Waals surface area contributed by atoms with Crippen molar-refractivity contribution < 1.29 is 0 Å². The number of pyridine rings is 2. The van der Waals surface area contributed by atoms with E-state index in [-0.39, 0.29) is 0 Å². The second-order valence-corrected chi connectivity index (χ2v) is 11.1. The molecule has 0 saturated heterocycles. The van der Waals surface area contributed by atoms with Crippen LogP contribution in [-0.4, -0.2) is 23.5 Å². The molecule has 5 nitrogen and oxygen atoms in total. The molecule has 43 heavy (non-hydrogen) atoms. The zero-order valence-corrected chi connectivity index (χ0v) is 23.0. The van der Waals surface area contributed by atoms with Crippen LogP contribution in [0.2, 0.25) is 0 Å². The normalized spacial score (nSPS) is 12.2. The number of nitrogens with zero attached hydrogens (tertiary/aromatic N) is 5. The van der Waals surface area contributed by atoms with Gasteiger partial charge in [-0.3, -0.25) is 9.38 Å². The number of imidazole rings is 1. The molecule has 0 N–H and O–H groups in total. The molecule has 0 atom stereocenters. The summed E-state index contributed by atoms with van der Waals surface area (Å²) in [6, 6.07) is 43.3. The molecule has 200 valence electrons. The Hall–Kier alpha value is -5.94. The molecule has 0 fully saturated rings. The number of aromatic nitrogens is 5. The monoisotopic (exact) mass is 549 g/mol. The lowest BCUT2D eigenvalue weighted by molar-refractivity contribution is 1.17. The highest BCUT2D eigenvalue weighted by atomic mass is 15.0. The molecule has 0 unspecified atom stereocenters. The Bertz CT molecular complexity index is 2710. The first-order valence-corrected chi connectivity index (χ1v) is 14.5. The number of hydrogen-bond acceptors (Lipinski definition) is 2. The lowest BCUT2D eigenvalue weighted by Crippen LogP contribution is -1.95. The summed E-state index contributed by atoms with van der Waals surface area (Å²) in [5, 5.41) is 7.11. The minimum absolute atomic E-state index is 0.924. The van der Waals surface area contributed by atoms with Gasteiger partial charge in [-0.1, -0.05) is 54.6 Å². The Kier molecular flexibility index (Phi) is 4.39. The van der Waals surface area contributed by atoms with Gasteiger partial charge in [0.05, 0.1) is 33.1 Å². The minimum Gasteiger partial charge on any atom is -0.309 e. The highest BCUT2D eigenvalue weighted by molar-refractivity contribution is 6.36. The number of benzene rings is 5. The van der Waals surface area contributed by atoms with Gasteiger partial charge in [-0.25, -0.2) is 4.98 Å². The van der Waals surface area contributed by atoms with Crippen molar-refractivity contribution in [3.05, 3.63) is 140 Å². The fourth-order valence-electron chi connectivity index (χ4n) is 7.27. The van der Waals surface area contributed by atoms with Crippen molar-refractivity contribution >= 4 is 71.1 Å². The van der Waals surface area contributed by atoms with Crippen LogP contribution in [0.15, 0.2) is 140 Å². The van der Waals surface area contributed by atoms with E-state index in [4.69, 9.17) is 9.97 Å². The molecule has 10 rings (SSSR count). The van der Waals surface area contributed by atoms with Gasteiger partial charge in [-0.2, -0.15) is 0 Å². The molecule has 0 aliphatic heterocycles. The first kappa shape index (κ1) is 22.7. The zero-order chi connectivity index (χ0) is 28.1. The molecule has 0 spiro atoms. The van der Waals surface area contributed by atoms with Crippen LogP contribution in [0.1, 0.15) is 0 Å². The SMILES string of the molecule is c1ccc(-n2c3ccccc3c3c4c5c6c7ncccc7c7nccn7c6ccc5n(-c5ccccc5)c4ccc32)cc1. The Labute approximate surface area is 245 Å². The van der Waals surface area contributed by atoms with Gasteiger partial charge in [0.15, 0.2) is 0 Å². The van der Waals surface area contributed by atoms with Gasteiger partial charge in [-0.05, 0) is 66.7 Å². The smallest absolute Gasteiger partial charge is 0.146 e. The fourth-order valence-corrected chi connectivity index (χ4v) is 7.27. The lowest BCUT2D eigenvalue weighted by Gasteiger charge is -2.10. The zero-order valence-electron chi connectivity index (χ0n) is 23.0. The third-order valence-electron chi connectivity index (χ3n) is 8.92. The van der Waals surface area contributed by atoms with Crippen molar-refractivity contribution in [3.8, 4) is 11.4 Å². The van der Waals surface area contributed by atoms with Crippen LogP contribution < -0.4 is 0 Å². The van der Waals surface area contributed by atoms with E-state index in [1.54, 1.807) is 0 Å². The van der Waals surface area contributed by atoms with E-state index in [0.717, 1.165) is 44.3 Å². The van der Waals surface area contributed by atoms with Crippen LogP contribution in [0, 0.1) is 0 Å². The van der Waals surface area contributed by atoms with E-state index in [1.165, 1.54) is 38.1 Å². The molecule has 0 aliphatic carbocycles. The second-order valence-electron chi connectivity index (χ2n) is 11.1. The number of hydrogen-bond donors (Lipinski definition) is 0. The van der Waals surface area contributed by atoms with Crippen LogP contribution in [-0.2, 0) is 0 Å². The van der Waals surface area contributed by atoms with Crippen molar-refractivity contribution in [1.82, 2.24) is 23.5 Å². The van der Waals surface area contributed by atoms with Gasteiger partial charge in [0.2, 0.25) is 0 Å². The topological polar surface area (TPSA) is 40.1 Å². The first-order valence-electron chi connectivity index (χ1n) is 14.5. The molecule has 10 aromatic rings. The van der Waals surface area contributed by atoms with Gasteiger partial charge < -0.3 is 9.13 Å². The summed E-state index contributed by atoms with van der Waals surface area (Å²) in [5.74, 6) is 0. The van der Waals surface area contributed by atoms with Crippen molar-refractivity contribution in [2.24, 2.45) is 0 Å². The molecule has 0 radical (unpaired) electrons. The van der Waals surface area contributed by atoms with Gasteiger partial charge in [0, 0.05) is 62.3 Å². The van der Waals surface area contributed by atoms with Crippen LogP contribution in [0.5, 0.6) is 0 Å². The number of fused-ring (bicyclic) bond motifs is 14. The molecule has 5 heterocycles. The molecule has 5 aromatic carbocycles. The van der Waals surface area contributed by atoms with E-state index in [0.29, 0.717) is 0 Å². The summed E-state index contributed by atoms with van der Waals surface area (Å²) in [4.78, 5) is 9.74. The summed E-state index contributed by atoms with van der Waals surface area (Å²) >= 11 is 0. The molecule has 5 aromatic heterocycles. The molecular formula is C38H23N5. The predicted molar refractivity (Wildman–Crippen MR) is 177 cm³/mol. The van der Waals surface area contributed by atoms with Crippen molar-refractivity contribution in [3.63, 3.8) is 0 Å².